The lowest BCUT2D eigenvalue weighted by molar-refractivity contribution is -0.139. The van der Waals surface area contributed by atoms with Crippen molar-refractivity contribution in [3.05, 3.63) is 63.6 Å². The SMILES string of the molecule is Cc1cc(N(CC(=O)N(Cc2ccccc2C)C(C)C(=O)NC(C)C)S(C)(=O)=O)ccc1Br. The van der Waals surface area contributed by atoms with Crippen molar-refractivity contribution in [2.75, 3.05) is 17.1 Å². The number of rotatable bonds is 9. The van der Waals surface area contributed by atoms with Gasteiger partial charge in [0.15, 0.2) is 0 Å². The van der Waals surface area contributed by atoms with E-state index in [0.717, 1.165) is 31.7 Å². The molecule has 0 aliphatic heterocycles. The van der Waals surface area contributed by atoms with E-state index in [1.54, 1.807) is 25.1 Å². The molecule has 7 nitrogen and oxygen atoms in total. The first kappa shape index (κ1) is 26.9. The van der Waals surface area contributed by atoms with Crippen LogP contribution < -0.4 is 9.62 Å². The molecule has 0 saturated carbocycles. The molecule has 0 spiro atoms. The number of benzene rings is 2. The van der Waals surface area contributed by atoms with Crippen LogP contribution >= 0.6 is 15.9 Å². The van der Waals surface area contributed by atoms with Crippen LogP contribution in [0.25, 0.3) is 0 Å². The van der Waals surface area contributed by atoms with E-state index in [0.29, 0.717) is 5.69 Å². The van der Waals surface area contributed by atoms with Crippen molar-refractivity contribution < 1.29 is 18.0 Å². The highest BCUT2D eigenvalue weighted by Crippen LogP contribution is 2.25. The molecule has 2 aromatic rings. The molecule has 0 radical (unpaired) electrons. The predicted octanol–water partition coefficient (Wildman–Crippen LogP) is 3.77. The van der Waals surface area contributed by atoms with E-state index < -0.39 is 28.5 Å². The van der Waals surface area contributed by atoms with Gasteiger partial charge in [0.25, 0.3) is 0 Å². The van der Waals surface area contributed by atoms with Gasteiger partial charge in [0, 0.05) is 17.1 Å². The summed E-state index contributed by atoms with van der Waals surface area (Å²) in [5.74, 6) is -0.756. The van der Waals surface area contributed by atoms with E-state index in [1.807, 2.05) is 52.0 Å². The molecule has 1 N–H and O–H groups in total. The number of hydrogen-bond acceptors (Lipinski definition) is 4. The van der Waals surface area contributed by atoms with Gasteiger partial charge in [-0.25, -0.2) is 8.42 Å². The van der Waals surface area contributed by atoms with Crippen molar-refractivity contribution in [2.24, 2.45) is 0 Å². The first-order valence-corrected chi connectivity index (χ1v) is 13.3. The molecule has 33 heavy (non-hydrogen) atoms. The van der Waals surface area contributed by atoms with Crippen LogP contribution in [0.2, 0.25) is 0 Å². The molecule has 1 unspecified atom stereocenters. The molecule has 2 rings (SSSR count). The second-order valence-corrected chi connectivity index (χ2v) is 11.3. The summed E-state index contributed by atoms with van der Waals surface area (Å²) in [7, 11) is -3.75. The molecule has 2 aromatic carbocycles. The zero-order valence-corrected chi connectivity index (χ0v) is 22.3. The summed E-state index contributed by atoms with van der Waals surface area (Å²) in [5, 5.41) is 2.84. The van der Waals surface area contributed by atoms with Gasteiger partial charge < -0.3 is 10.2 Å². The standard InChI is InChI=1S/C24H32BrN3O4S/c1-16(2)26-24(30)19(5)27(14-20-10-8-7-9-17(20)3)23(29)15-28(33(6,31)32)21-11-12-22(25)18(4)13-21/h7-13,16,19H,14-15H2,1-6H3,(H,26,30). The highest BCUT2D eigenvalue weighted by molar-refractivity contribution is 9.10. The van der Waals surface area contributed by atoms with Crippen LogP contribution in [0.4, 0.5) is 5.69 Å². The molecule has 0 aromatic heterocycles. The Morgan fingerprint density at radius 1 is 1.03 bits per heavy atom. The van der Waals surface area contributed by atoms with Crippen LogP contribution in [0.5, 0.6) is 0 Å². The highest BCUT2D eigenvalue weighted by atomic mass is 79.9. The van der Waals surface area contributed by atoms with Gasteiger partial charge in [0.05, 0.1) is 11.9 Å². The largest absolute Gasteiger partial charge is 0.352 e. The van der Waals surface area contributed by atoms with Crippen LogP contribution in [-0.4, -0.2) is 50.0 Å². The number of nitrogens with one attached hydrogen (secondary N) is 1. The first-order valence-electron chi connectivity index (χ1n) is 10.7. The number of sulfonamides is 1. The summed E-state index contributed by atoms with van der Waals surface area (Å²) in [5.41, 5.74) is 3.10. The lowest BCUT2D eigenvalue weighted by Gasteiger charge is -2.32. The minimum absolute atomic E-state index is 0.0892. The Bertz CT molecular complexity index is 1120. The molecule has 1 atom stereocenters. The van der Waals surface area contributed by atoms with Crippen molar-refractivity contribution in [3.63, 3.8) is 0 Å². The molecular formula is C24H32BrN3O4S. The van der Waals surface area contributed by atoms with E-state index >= 15 is 0 Å². The van der Waals surface area contributed by atoms with Gasteiger partial charge in [0.2, 0.25) is 21.8 Å². The van der Waals surface area contributed by atoms with Gasteiger partial charge in [-0.2, -0.15) is 0 Å². The Labute approximate surface area is 205 Å². The summed E-state index contributed by atoms with van der Waals surface area (Å²) >= 11 is 3.41. The topological polar surface area (TPSA) is 86.8 Å². The fourth-order valence-corrected chi connectivity index (χ4v) is 4.44. The number of amides is 2. The van der Waals surface area contributed by atoms with Gasteiger partial charge in [-0.1, -0.05) is 40.2 Å². The number of aryl methyl sites for hydroxylation is 2. The third-order valence-corrected chi connectivity index (χ3v) is 7.34. The lowest BCUT2D eigenvalue weighted by Crippen LogP contribution is -2.52. The van der Waals surface area contributed by atoms with E-state index in [-0.39, 0.29) is 18.5 Å². The zero-order chi connectivity index (χ0) is 24.9. The van der Waals surface area contributed by atoms with Crippen LogP contribution in [-0.2, 0) is 26.2 Å². The van der Waals surface area contributed by atoms with Crippen molar-refractivity contribution in [2.45, 2.75) is 53.2 Å². The maximum Gasteiger partial charge on any atom is 0.244 e. The van der Waals surface area contributed by atoms with Crippen LogP contribution in [0.3, 0.4) is 0 Å². The maximum absolute atomic E-state index is 13.5. The second-order valence-electron chi connectivity index (χ2n) is 8.49. The number of carbonyl (C=O) groups excluding carboxylic acids is 2. The highest BCUT2D eigenvalue weighted by Gasteiger charge is 2.30. The van der Waals surface area contributed by atoms with E-state index in [9.17, 15) is 18.0 Å². The Hall–Kier alpha value is -2.39. The van der Waals surface area contributed by atoms with Gasteiger partial charge in [-0.15, -0.1) is 0 Å². The molecule has 2 amide bonds. The number of carbonyl (C=O) groups is 2. The average molecular weight is 539 g/mol. The third-order valence-electron chi connectivity index (χ3n) is 5.31. The molecule has 9 heteroatoms. The second kappa shape index (κ2) is 11.2. The smallest absolute Gasteiger partial charge is 0.244 e. The van der Waals surface area contributed by atoms with Crippen LogP contribution in [0.15, 0.2) is 46.9 Å². The van der Waals surface area contributed by atoms with Gasteiger partial charge in [-0.3, -0.25) is 13.9 Å². The number of anilines is 1. The van der Waals surface area contributed by atoms with Crippen LogP contribution in [0.1, 0.15) is 37.5 Å². The average Bonchev–Trinajstić information content (AvgIpc) is 2.71. The Kier molecular flexibility index (Phi) is 9.08. The fourth-order valence-electron chi connectivity index (χ4n) is 3.36. The summed E-state index contributed by atoms with van der Waals surface area (Å²) in [6, 6.07) is 11.8. The fraction of sp³-hybridized carbons (Fsp3) is 0.417. The summed E-state index contributed by atoms with van der Waals surface area (Å²) in [6.07, 6.45) is 1.07. The molecule has 180 valence electrons. The molecule has 0 heterocycles. The quantitative estimate of drug-likeness (QED) is 0.527. The lowest BCUT2D eigenvalue weighted by atomic mass is 10.1. The van der Waals surface area contributed by atoms with Crippen molar-refractivity contribution in [1.29, 1.82) is 0 Å². The molecule has 0 saturated heterocycles. The van der Waals surface area contributed by atoms with E-state index in [1.165, 1.54) is 4.90 Å². The first-order chi connectivity index (χ1) is 15.3. The van der Waals surface area contributed by atoms with Crippen LogP contribution in [0, 0.1) is 13.8 Å². The van der Waals surface area contributed by atoms with E-state index in [2.05, 4.69) is 21.2 Å². The number of hydrogen-bond donors (Lipinski definition) is 1. The molecule has 0 aliphatic rings. The van der Waals surface area contributed by atoms with Gasteiger partial charge in [0.1, 0.15) is 12.6 Å². The maximum atomic E-state index is 13.5. The summed E-state index contributed by atoms with van der Waals surface area (Å²) in [6.45, 7) is 8.91. The monoisotopic (exact) mass is 537 g/mol. The molecule has 0 fully saturated rings. The van der Waals surface area contributed by atoms with Crippen molar-refractivity contribution >= 4 is 43.5 Å². The Balaban J connectivity index is 2.43. The molecule has 0 aliphatic carbocycles. The number of halogens is 1. The third kappa shape index (κ3) is 7.30. The number of nitrogens with zero attached hydrogens (tertiary/aromatic N) is 2. The van der Waals surface area contributed by atoms with E-state index in [4.69, 9.17) is 0 Å². The Morgan fingerprint density at radius 2 is 1.67 bits per heavy atom. The molecular weight excluding hydrogens is 506 g/mol. The minimum atomic E-state index is -3.75. The normalized spacial score (nSPS) is 12.4. The summed E-state index contributed by atoms with van der Waals surface area (Å²) in [4.78, 5) is 27.7. The Morgan fingerprint density at radius 3 is 2.21 bits per heavy atom. The van der Waals surface area contributed by atoms with Gasteiger partial charge >= 0.3 is 0 Å². The minimum Gasteiger partial charge on any atom is -0.352 e. The van der Waals surface area contributed by atoms with Crippen molar-refractivity contribution in [3.8, 4) is 0 Å². The van der Waals surface area contributed by atoms with Gasteiger partial charge in [-0.05, 0) is 69.5 Å². The van der Waals surface area contributed by atoms with Crippen molar-refractivity contribution in [1.82, 2.24) is 10.2 Å². The zero-order valence-electron chi connectivity index (χ0n) is 19.9. The molecule has 0 bridgehead atoms. The summed E-state index contributed by atoms with van der Waals surface area (Å²) < 4.78 is 27.1. The predicted molar refractivity (Wildman–Crippen MR) is 136 cm³/mol.